The maximum atomic E-state index is 11.5. The lowest BCUT2D eigenvalue weighted by Crippen LogP contribution is -2.22. The maximum absolute atomic E-state index is 11.5. The molecule has 0 aliphatic rings. The quantitative estimate of drug-likeness (QED) is 0.736. The molecule has 0 saturated heterocycles. The van der Waals surface area contributed by atoms with E-state index in [1.54, 1.807) is 6.07 Å². The summed E-state index contributed by atoms with van der Waals surface area (Å²) < 4.78 is 0. The van der Waals surface area contributed by atoms with E-state index in [9.17, 15) is 9.59 Å². The zero-order valence-electron chi connectivity index (χ0n) is 8.63. The molecule has 0 amide bonds. The molecule has 1 aromatic carbocycles. The lowest BCUT2D eigenvalue weighted by molar-refractivity contribution is 0.869. The van der Waals surface area contributed by atoms with Crippen molar-refractivity contribution in [2.24, 2.45) is 0 Å². The van der Waals surface area contributed by atoms with E-state index in [1.165, 1.54) is 0 Å². The van der Waals surface area contributed by atoms with Gasteiger partial charge in [-0.15, -0.1) is 0 Å². The van der Waals surface area contributed by atoms with Crippen LogP contribution in [0, 0.1) is 0 Å². The van der Waals surface area contributed by atoms with Crippen LogP contribution in [0.25, 0.3) is 10.9 Å². The standard InChI is InChI=1S/C11H12N2O2/c1-6(2)7-4-3-5-8-9(7)12-11(15)13-10(8)14/h3-6H,1-2H3,(H2,12,13,14,15). The number of hydrogen-bond acceptors (Lipinski definition) is 2. The summed E-state index contributed by atoms with van der Waals surface area (Å²) in [6, 6.07) is 5.45. The van der Waals surface area contributed by atoms with Crippen molar-refractivity contribution in [2.45, 2.75) is 19.8 Å². The summed E-state index contributed by atoms with van der Waals surface area (Å²) in [4.78, 5) is 27.5. The van der Waals surface area contributed by atoms with Gasteiger partial charge in [0.2, 0.25) is 0 Å². The molecule has 2 rings (SSSR count). The van der Waals surface area contributed by atoms with Crippen molar-refractivity contribution in [2.75, 3.05) is 0 Å². The van der Waals surface area contributed by atoms with E-state index in [1.807, 2.05) is 26.0 Å². The van der Waals surface area contributed by atoms with Crippen LogP contribution in [0.2, 0.25) is 0 Å². The number of hydrogen-bond donors (Lipinski definition) is 2. The Hall–Kier alpha value is -1.84. The van der Waals surface area contributed by atoms with Crippen LogP contribution < -0.4 is 11.2 Å². The second-order valence-corrected chi connectivity index (χ2v) is 3.83. The summed E-state index contributed by atoms with van der Waals surface area (Å²) in [6.07, 6.45) is 0. The van der Waals surface area contributed by atoms with E-state index in [0.717, 1.165) is 5.56 Å². The van der Waals surface area contributed by atoms with E-state index >= 15 is 0 Å². The molecule has 4 nitrogen and oxygen atoms in total. The van der Waals surface area contributed by atoms with Gasteiger partial charge < -0.3 is 4.98 Å². The summed E-state index contributed by atoms with van der Waals surface area (Å²) in [7, 11) is 0. The van der Waals surface area contributed by atoms with Crippen LogP contribution in [0.3, 0.4) is 0 Å². The molecular formula is C11H12N2O2. The first-order chi connectivity index (χ1) is 7.09. The molecule has 2 aromatic rings. The van der Waals surface area contributed by atoms with E-state index < -0.39 is 5.69 Å². The Bertz CT molecular complexity index is 608. The van der Waals surface area contributed by atoms with E-state index in [4.69, 9.17) is 0 Å². The van der Waals surface area contributed by atoms with Crippen molar-refractivity contribution < 1.29 is 0 Å². The third kappa shape index (κ3) is 1.58. The Morgan fingerprint density at radius 3 is 2.53 bits per heavy atom. The Balaban J connectivity index is 2.98. The lowest BCUT2D eigenvalue weighted by atomic mass is 10.0. The summed E-state index contributed by atoms with van der Waals surface area (Å²) in [5.41, 5.74) is 0.828. The highest BCUT2D eigenvalue weighted by Gasteiger charge is 2.07. The van der Waals surface area contributed by atoms with Crippen LogP contribution in [0.5, 0.6) is 0 Å². The first-order valence-electron chi connectivity index (χ1n) is 4.85. The summed E-state index contributed by atoms with van der Waals surface area (Å²) in [5.74, 6) is 0.270. The Morgan fingerprint density at radius 2 is 1.87 bits per heavy atom. The van der Waals surface area contributed by atoms with Gasteiger partial charge in [0.15, 0.2) is 0 Å². The zero-order chi connectivity index (χ0) is 11.0. The van der Waals surface area contributed by atoms with Crippen molar-refractivity contribution >= 4 is 10.9 Å². The highest BCUT2D eigenvalue weighted by molar-refractivity contribution is 5.80. The molecule has 0 unspecified atom stereocenters. The summed E-state index contributed by atoms with van der Waals surface area (Å²) in [5, 5.41) is 0.529. The van der Waals surface area contributed by atoms with E-state index in [-0.39, 0.29) is 11.5 Å². The molecule has 0 aliphatic carbocycles. The SMILES string of the molecule is CC(C)c1cccc2c(=O)[nH]c(=O)[nH]c12. The monoisotopic (exact) mass is 204 g/mol. The highest BCUT2D eigenvalue weighted by atomic mass is 16.2. The van der Waals surface area contributed by atoms with Crippen molar-refractivity contribution in [3.63, 3.8) is 0 Å². The molecule has 2 N–H and O–H groups in total. The molecule has 1 aromatic heterocycles. The molecule has 0 fully saturated rings. The molecule has 0 saturated carbocycles. The topological polar surface area (TPSA) is 65.7 Å². The number of para-hydroxylation sites is 1. The van der Waals surface area contributed by atoms with Gasteiger partial charge in [-0.25, -0.2) is 4.79 Å². The van der Waals surface area contributed by atoms with Crippen molar-refractivity contribution in [3.8, 4) is 0 Å². The smallest absolute Gasteiger partial charge is 0.307 e. The average Bonchev–Trinajstić information content (AvgIpc) is 2.16. The Labute approximate surface area is 86.0 Å². The molecular weight excluding hydrogens is 192 g/mol. The fourth-order valence-corrected chi connectivity index (χ4v) is 1.70. The van der Waals surface area contributed by atoms with Crippen molar-refractivity contribution in [3.05, 3.63) is 44.6 Å². The van der Waals surface area contributed by atoms with Gasteiger partial charge in [-0.1, -0.05) is 26.0 Å². The van der Waals surface area contributed by atoms with Crippen LogP contribution in [0.15, 0.2) is 27.8 Å². The Morgan fingerprint density at radius 1 is 1.13 bits per heavy atom. The van der Waals surface area contributed by atoms with Gasteiger partial charge in [0, 0.05) is 0 Å². The van der Waals surface area contributed by atoms with Crippen LogP contribution in [-0.2, 0) is 0 Å². The third-order valence-corrected chi connectivity index (χ3v) is 2.43. The number of aromatic nitrogens is 2. The van der Waals surface area contributed by atoms with Crippen LogP contribution in [0.4, 0.5) is 0 Å². The van der Waals surface area contributed by atoms with Gasteiger partial charge in [0.25, 0.3) is 5.56 Å². The third-order valence-electron chi connectivity index (χ3n) is 2.43. The van der Waals surface area contributed by atoms with Gasteiger partial charge in [-0.05, 0) is 17.5 Å². The lowest BCUT2D eigenvalue weighted by Gasteiger charge is -2.08. The van der Waals surface area contributed by atoms with Crippen LogP contribution in [0.1, 0.15) is 25.3 Å². The number of rotatable bonds is 1. The fourth-order valence-electron chi connectivity index (χ4n) is 1.70. The highest BCUT2D eigenvalue weighted by Crippen LogP contribution is 2.20. The minimum atomic E-state index is -0.458. The molecule has 0 aliphatic heterocycles. The molecule has 78 valence electrons. The summed E-state index contributed by atoms with van der Waals surface area (Å²) >= 11 is 0. The van der Waals surface area contributed by atoms with Gasteiger partial charge in [0.05, 0.1) is 10.9 Å². The number of nitrogens with one attached hydrogen (secondary N) is 2. The van der Waals surface area contributed by atoms with Gasteiger partial charge >= 0.3 is 5.69 Å². The minimum absolute atomic E-state index is 0.270. The van der Waals surface area contributed by atoms with Crippen molar-refractivity contribution in [1.82, 2.24) is 9.97 Å². The predicted molar refractivity (Wildman–Crippen MR) is 59.3 cm³/mol. The van der Waals surface area contributed by atoms with Crippen LogP contribution >= 0.6 is 0 Å². The molecule has 15 heavy (non-hydrogen) atoms. The number of aromatic amines is 2. The first-order valence-corrected chi connectivity index (χ1v) is 4.85. The molecule has 0 radical (unpaired) electrons. The molecule has 0 bridgehead atoms. The summed E-state index contributed by atoms with van der Waals surface area (Å²) in [6.45, 7) is 4.04. The number of fused-ring (bicyclic) bond motifs is 1. The maximum Gasteiger partial charge on any atom is 0.326 e. The predicted octanol–water partition coefficient (Wildman–Crippen LogP) is 1.34. The largest absolute Gasteiger partial charge is 0.326 e. The normalized spacial score (nSPS) is 11.1. The molecule has 0 atom stereocenters. The fraction of sp³-hybridized carbons (Fsp3) is 0.273. The van der Waals surface area contributed by atoms with E-state index in [2.05, 4.69) is 9.97 Å². The van der Waals surface area contributed by atoms with Crippen LogP contribution in [-0.4, -0.2) is 9.97 Å². The number of benzene rings is 1. The average molecular weight is 204 g/mol. The second-order valence-electron chi connectivity index (χ2n) is 3.83. The van der Waals surface area contributed by atoms with E-state index in [0.29, 0.717) is 10.9 Å². The molecule has 4 heteroatoms. The minimum Gasteiger partial charge on any atom is -0.307 e. The Kier molecular flexibility index (Phi) is 2.19. The first kappa shape index (κ1) is 9.71. The zero-order valence-corrected chi connectivity index (χ0v) is 8.63. The van der Waals surface area contributed by atoms with Gasteiger partial charge in [-0.3, -0.25) is 9.78 Å². The molecule has 0 spiro atoms. The van der Waals surface area contributed by atoms with Gasteiger partial charge in [-0.2, -0.15) is 0 Å². The second kappa shape index (κ2) is 3.38. The van der Waals surface area contributed by atoms with Crippen molar-refractivity contribution in [1.29, 1.82) is 0 Å². The number of H-pyrrole nitrogens is 2. The molecule has 1 heterocycles. The van der Waals surface area contributed by atoms with Gasteiger partial charge in [0.1, 0.15) is 0 Å².